The number of furan rings is 1. The van der Waals surface area contributed by atoms with Crippen LogP contribution in [0.1, 0.15) is 11.1 Å². The maximum Gasteiger partial charge on any atom is 0.234 e. The van der Waals surface area contributed by atoms with Gasteiger partial charge in [0.2, 0.25) is 16.9 Å². The number of benzene rings is 1. The van der Waals surface area contributed by atoms with E-state index in [1.165, 1.54) is 11.8 Å². The molecule has 8 heteroatoms. The predicted molar refractivity (Wildman–Crippen MR) is 108 cm³/mol. The average molecular weight is 393 g/mol. The summed E-state index contributed by atoms with van der Waals surface area (Å²) in [5.74, 6) is 1.29. The highest BCUT2D eigenvalue weighted by Crippen LogP contribution is 2.25. The second-order valence-corrected chi connectivity index (χ2v) is 7.19. The quantitative estimate of drug-likeness (QED) is 0.501. The number of hydrogen-bond acceptors (Lipinski definition) is 5. The van der Waals surface area contributed by atoms with E-state index >= 15 is 0 Å². The second-order valence-electron chi connectivity index (χ2n) is 6.24. The molecule has 1 aromatic carbocycles. The highest BCUT2D eigenvalue weighted by atomic mass is 32.2. The molecule has 142 valence electrons. The number of carbonyl (C=O) groups is 1. The van der Waals surface area contributed by atoms with E-state index in [2.05, 4.69) is 15.5 Å². The standard InChI is InChI=1S/C20H19N5O2S/c1-14-7-5-8-16(15(14)2)21-18(26)13-28-20-23-22-19(17-9-6-12-27-17)25(20)24-10-3-4-11-24/h3-12H,13H2,1-2H3,(H,21,26). The van der Waals surface area contributed by atoms with Gasteiger partial charge in [0.05, 0.1) is 12.0 Å². The Hall–Kier alpha value is -3.26. The maximum atomic E-state index is 12.5. The number of aromatic nitrogens is 4. The Labute approximate surface area is 166 Å². The zero-order valence-electron chi connectivity index (χ0n) is 15.5. The molecule has 4 aromatic rings. The molecular formula is C20H19N5O2S. The fourth-order valence-corrected chi connectivity index (χ4v) is 3.52. The lowest BCUT2D eigenvalue weighted by Gasteiger charge is -2.11. The minimum atomic E-state index is -0.0969. The highest BCUT2D eigenvalue weighted by molar-refractivity contribution is 7.99. The molecule has 0 unspecified atom stereocenters. The highest BCUT2D eigenvalue weighted by Gasteiger charge is 2.18. The fraction of sp³-hybridized carbons (Fsp3) is 0.150. The molecule has 0 atom stereocenters. The van der Waals surface area contributed by atoms with Crippen LogP contribution in [0.2, 0.25) is 0 Å². The van der Waals surface area contributed by atoms with Crippen molar-refractivity contribution in [2.24, 2.45) is 0 Å². The summed E-state index contributed by atoms with van der Waals surface area (Å²) in [6.07, 6.45) is 5.36. The number of nitrogens with one attached hydrogen (secondary N) is 1. The molecule has 1 N–H and O–H groups in total. The van der Waals surface area contributed by atoms with Gasteiger partial charge in [-0.2, -0.15) is 0 Å². The molecule has 3 aromatic heterocycles. The van der Waals surface area contributed by atoms with Crippen LogP contribution in [0, 0.1) is 13.8 Å². The second kappa shape index (κ2) is 7.77. The SMILES string of the molecule is Cc1cccc(NC(=O)CSc2nnc(-c3ccco3)n2-n2cccc2)c1C. The Kier molecular flexibility index (Phi) is 5.03. The zero-order valence-corrected chi connectivity index (χ0v) is 16.3. The van der Waals surface area contributed by atoms with Crippen LogP contribution >= 0.6 is 11.8 Å². The van der Waals surface area contributed by atoms with Crippen LogP contribution < -0.4 is 5.32 Å². The Morgan fingerprint density at radius 1 is 1.11 bits per heavy atom. The van der Waals surface area contributed by atoms with Crippen LogP contribution in [0.25, 0.3) is 11.6 Å². The van der Waals surface area contributed by atoms with Crippen molar-refractivity contribution in [3.8, 4) is 11.6 Å². The third kappa shape index (κ3) is 3.59. The van der Waals surface area contributed by atoms with Gasteiger partial charge in [0.1, 0.15) is 0 Å². The van der Waals surface area contributed by atoms with Crippen LogP contribution in [-0.2, 0) is 4.79 Å². The molecule has 4 rings (SSSR count). The molecule has 0 saturated heterocycles. The summed E-state index contributed by atoms with van der Waals surface area (Å²) in [7, 11) is 0. The van der Waals surface area contributed by atoms with Gasteiger partial charge < -0.3 is 9.73 Å². The van der Waals surface area contributed by atoms with Gasteiger partial charge in [-0.05, 0) is 55.3 Å². The predicted octanol–water partition coefficient (Wildman–Crippen LogP) is 4.00. The van der Waals surface area contributed by atoms with Gasteiger partial charge in [-0.25, -0.2) is 4.68 Å². The number of rotatable bonds is 6. The number of aryl methyl sites for hydroxylation is 1. The smallest absolute Gasteiger partial charge is 0.234 e. The summed E-state index contributed by atoms with van der Waals surface area (Å²) >= 11 is 1.32. The number of hydrogen-bond donors (Lipinski definition) is 1. The molecular weight excluding hydrogens is 374 g/mol. The zero-order chi connectivity index (χ0) is 19.5. The lowest BCUT2D eigenvalue weighted by Crippen LogP contribution is -2.16. The first kappa shape index (κ1) is 18.1. The average Bonchev–Trinajstić information content (AvgIpc) is 3.44. The van der Waals surface area contributed by atoms with E-state index in [4.69, 9.17) is 4.42 Å². The number of anilines is 1. The third-order valence-electron chi connectivity index (χ3n) is 4.38. The van der Waals surface area contributed by atoms with Crippen molar-refractivity contribution in [2.75, 3.05) is 11.1 Å². The number of nitrogens with zero attached hydrogens (tertiary/aromatic N) is 4. The van der Waals surface area contributed by atoms with Crippen molar-refractivity contribution in [1.29, 1.82) is 0 Å². The molecule has 0 aliphatic heterocycles. The van der Waals surface area contributed by atoms with Gasteiger partial charge >= 0.3 is 0 Å². The number of amides is 1. The van der Waals surface area contributed by atoms with Crippen molar-refractivity contribution in [3.63, 3.8) is 0 Å². The van der Waals surface area contributed by atoms with E-state index in [-0.39, 0.29) is 11.7 Å². The Balaban J connectivity index is 1.54. The molecule has 0 radical (unpaired) electrons. The molecule has 0 spiro atoms. The Morgan fingerprint density at radius 3 is 2.68 bits per heavy atom. The van der Waals surface area contributed by atoms with Crippen molar-refractivity contribution in [1.82, 2.24) is 19.5 Å². The molecule has 3 heterocycles. The summed E-state index contributed by atoms with van der Waals surface area (Å²) in [6.45, 7) is 4.02. The van der Waals surface area contributed by atoms with E-state index in [9.17, 15) is 4.79 Å². The maximum absolute atomic E-state index is 12.5. The minimum absolute atomic E-state index is 0.0969. The molecule has 28 heavy (non-hydrogen) atoms. The molecule has 1 amide bonds. The first-order chi connectivity index (χ1) is 13.6. The van der Waals surface area contributed by atoms with Crippen LogP contribution in [0.5, 0.6) is 0 Å². The molecule has 0 saturated carbocycles. The van der Waals surface area contributed by atoms with Crippen molar-refractivity contribution in [2.45, 2.75) is 19.0 Å². The lowest BCUT2D eigenvalue weighted by atomic mass is 10.1. The van der Waals surface area contributed by atoms with E-state index in [1.807, 2.05) is 72.0 Å². The van der Waals surface area contributed by atoms with Gasteiger partial charge in [0.25, 0.3) is 0 Å². The summed E-state index contributed by atoms with van der Waals surface area (Å²) in [5, 5.41) is 12.1. The first-order valence-electron chi connectivity index (χ1n) is 8.75. The van der Waals surface area contributed by atoms with E-state index in [1.54, 1.807) is 12.3 Å². The fourth-order valence-electron chi connectivity index (χ4n) is 2.78. The van der Waals surface area contributed by atoms with Gasteiger partial charge in [0, 0.05) is 18.1 Å². The normalized spacial score (nSPS) is 10.9. The summed E-state index contributed by atoms with van der Waals surface area (Å²) < 4.78 is 9.14. The summed E-state index contributed by atoms with van der Waals surface area (Å²) in [5.41, 5.74) is 3.03. The third-order valence-corrected chi connectivity index (χ3v) is 5.30. The summed E-state index contributed by atoms with van der Waals surface area (Å²) in [4.78, 5) is 12.5. The van der Waals surface area contributed by atoms with Gasteiger partial charge in [0.15, 0.2) is 5.76 Å². The monoisotopic (exact) mass is 393 g/mol. The van der Waals surface area contributed by atoms with Crippen molar-refractivity contribution < 1.29 is 9.21 Å². The molecule has 0 aliphatic rings. The van der Waals surface area contributed by atoms with Crippen LogP contribution in [-0.4, -0.2) is 31.2 Å². The molecule has 0 aliphatic carbocycles. The number of thioether (sulfide) groups is 1. The van der Waals surface area contributed by atoms with Crippen molar-refractivity contribution >= 4 is 23.4 Å². The van der Waals surface area contributed by atoms with Crippen LogP contribution in [0.3, 0.4) is 0 Å². The molecule has 7 nitrogen and oxygen atoms in total. The van der Waals surface area contributed by atoms with Gasteiger partial charge in [-0.15, -0.1) is 10.2 Å². The van der Waals surface area contributed by atoms with E-state index in [0.717, 1.165) is 16.8 Å². The van der Waals surface area contributed by atoms with Gasteiger partial charge in [-0.3, -0.25) is 9.47 Å². The first-order valence-corrected chi connectivity index (χ1v) is 9.74. The molecule has 0 bridgehead atoms. The van der Waals surface area contributed by atoms with Gasteiger partial charge in [-0.1, -0.05) is 23.9 Å². The minimum Gasteiger partial charge on any atom is -0.461 e. The summed E-state index contributed by atoms with van der Waals surface area (Å²) in [6, 6.07) is 13.3. The van der Waals surface area contributed by atoms with Crippen LogP contribution in [0.15, 0.2) is 70.7 Å². The van der Waals surface area contributed by atoms with Crippen molar-refractivity contribution in [3.05, 3.63) is 72.2 Å². The molecule has 0 fully saturated rings. The number of carbonyl (C=O) groups excluding carboxylic acids is 1. The van der Waals surface area contributed by atoms with Crippen LogP contribution in [0.4, 0.5) is 5.69 Å². The Bertz CT molecular complexity index is 1080. The van der Waals surface area contributed by atoms with E-state index in [0.29, 0.717) is 16.7 Å². The van der Waals surface area contributed by atoms with E-state index < -0.39 is 0 Å². The Morgan fingerprint density at radius 2 is 1.93 bits per heavy atom. The largest absolute Gasteiger partial charge is 0.461 e. The lowest BCUT2D eigenvalue weighted by molar-refractivity contribution is -0.113. The topological polar surface area (TPSA) is 77.9 Å².